The lowest BCUT2D eigenvalue weighted by atomic mass is 10.1. The van der Waals surface area contributed by atoms with Gasteiger partial charge in [0, 0.05) is 16.9 Å². The molecule has 1 heterocycles. The minimum Gasteiger partial charge on any atom is -0.312 e. The number of hydrogen-bond donors (Lipinski definition) is 1. The van der Waals surface area contributed by atoms with Gasteiger partial charge in [0.05, 0.1) is 5.75 Å². The summed E-state index contributed by atoms with van der Waals surface area (Å²) in [4.78, 5) is 9.20. The molecule has 0 fully saturated rings. The predicted molar refractivity (Wildman–Crippen MR) is 84.8 cm³/mol. The van der Waals surface area contributed by atoms with Gasteiger partial charge >= 0.3 is 0 Å². The number of hydrogen-bond acceptors (Lipinski definition) is 4. The molecule has 1 N–H and O–H groups in total. The Morgan fingerprint density at radius 1 is 1.11 bits per heavy atom. The zero-order valence-electron chi connectivity index (χ0n) is 13.1. The second-order valence-corrected chi connectivity index (χ2v) is 6.87. The van der Waals surface area contributed by atoms with Crippen molar-refractivity contribution in [1.29, 1.82) is 0 Å². The van der Waals surface area contributed by atoms with E-state index >= 15 is 0 Å². The van der Waals surface area contributed by atoms with E-state index in [-0.39, 0.29) is 5.54 Å². The normalized spacial score (nSPS) is 11.9. The van der Waals surface area contributed by atoms with E-state index in [2.05, 4.69) is 56.2 Å². The van der Waals surface area contributed by atoms with E-state index in [0.717, 1.165) is 42.4 Å². The monoisotopic (exact) mass is 281 g/mol. The van der Waals surface area contributed by atoms with Crippen LogP contribution in [-0.2, 0) is 12.2 Å². The Bertz CT molecular complexity index is 387. The van der Waals surface area contributed by atoms with Crippen molar-refractivity contribution >= 4 is 11.8 Å². The molecule has 1 rings (SSSR count). The molecule has 0 saturated carbocycles. The molecule has 0 aromatic carbocycles. The summed E-state index contributed by atoms with van der Waals surface area (Å²) >= 11 is 1.77. The van der Waals surface area contributed by atoms with Gasteiger partial charge in [-0.15, -0.1) is 0 Å². The smallest absolute Gasteiger partial charge is 0.138 e. The molecule has 0 aliphatic rings. The molecule has 0 radical (unpaired) electrons. The molecule has 0 aliphatic carbocycles. The van der Waals surface area contributed by atoms with Crippen molar-refractivity contribution in [3.63, 3.8) is 0 Å². The molecule has 1 aromatic heterocycles. The number of rotatable bonds is 6. The van der Waals surface area contributed by atoms with Gasteiger partial charge in [-0.3, -0.25) is 0 Å². The molecule has 0 amide bonds. The Labute approximate surface area is 122 Å². The minimum atomic E-state index is 0.197. The number of thioether (sulfide) groups is 1. The van der Waals surface area contributed by atoms with Gasteiger partial charge < -0.3 is 5.32 Å². The maximum Gasteiger partial charge on any atom is 0.138 e. The lowest BCUT2D eigenvalue weighted by molar-refractivity contribution is 0.422. The average Bonchev–Trinajstić information content (AvgIpc) is 2.26. The van der Waals surface area contributed by atoms with Crippen LogP contribution in [0.1, 0.15) is 50.0 Å². The van der Waals surface area contributed by atoms with Gasteiger partial charge in [0.2, 0.25) is 0 Å². The van der Waals surface area contributed by atoms with Gasteiger partial charge in [-0.2, -0.15) is 11.8 Å². The average molecular weight is 281 g/mol. The van der Waals surface area contributed by atoms with Crippen LogP contribution in [0.15, 0.2) is 0 Å². The molecule has 19 heavy (non-hydrogen) atoms. The van der Waals surface area contributed by atoms with Crippen LogP contribution in [0.3, 0.4) is 0 Å². The standard InChI is InChI=1S/C15H27N3S/c1-11-13(8-7-9-16-15(3,4)5)12(2)18-14(17-11)10-19-6/h16H,7-10H2,1-6H3. The van der Waals surface area contributed by atoms with Crippen LogP contribution < -0.4 is 5.32 Å². The van der Waals surface area contributed by atoms with Crippen molar-refractivity contribution in [2.24, 2.45) is 0 Å². The first-order chi connectivity index (χ1) is 8.83. The highest BCUT2D eigenvalue weighted by molar-refractivity contribution is 7.97. The van der Waals surface area contributed by atoms with Gasteiger partial charge in [-0.25, -0.2) is 9.97 Å². The summed E-state index contributed by atoms with van der Waals surface area (Å²) in [6, 6.07) is 0. The molecule has 0 bridgehead atoms. The highest BCUT2D eigenvalue weighted by atomic mass is 32.2. The van der Waals surface area contributed by atoms with Crippen molar-refractivity contribution in [1.82, 2.24) is 15.3 Å². The van der Waals surface area contributed by atoms with Crippen LogP contribution in [0.25, 0.3) is 0 Å². The topological polar surface area (TPSA) is 37.8 Å². The zero-order valence-corrected chi connectivity index (χ0v) is 13.9. The minimum absolute atomic E-state index is 0.197. The largest absolute Gasteiger partial charge is 0.312 e. The SMILES string of the molecule is CSCc1nc(C)c(CCCNC(C)(C)C)c(C)n1. The van der Waals surface area contributed by atoms with E-state index in [9.17, 15) is 0 Å². The lowest BCUT2D eigenvalue weighted by Gasteiger charge is -2.20. The molecule has 4 heteroatoms. The highest BCUT2D eigenvalue weighted by Crippen LogP contribution is 2.14. The fourth-order valence-corrected chi connectivity index (χ4v) is 2.48. The van der Waals surface area contributed by atoms with Gasteiger partial charge in [0.15, 0.2) is 0 Å². The van der Waals surface area contributed by atoms with E-state index in [1.54, 1.807) is 11.8 Å². The van der Waals surface area contributed by atoms with Gasteiger partial charge in [0.1, 0.15) is 5.82 Å². The first kappa shape index (κ1) is 16.4. The second-order valence-electron chi connectivity index (χ2n) is 6.00. The van der Waals surface area contributed by atoms with Crippen LogP contribution in [0.2, 0.25) is 0 Å². The van der Waals surface area contributed by atoms with E-state index in [0.29, 0.717) is 0 Å². The molecule has 0 spiro atoms. The van der Waals surface area contributed by atoms with Gasteiger partial charge in [-0.1, -0.05) is 0 Å². The molecule has 0 unspecified atom stereocenters. The number of aromatic nitrogens is 2. The van der Waals surface area contributed by atoms with Crippen LogP contribution >= 0.6 is 11.8 Å². The van der Waals surface area contributed by atoms with Crippen molar-refractivity contribution < 1.29 is 0 Å². The highest BCUT2D eigenvalue weighted by Gasteiger charge is 2.10. The van der Waals surface area contributed by atoms with Crippen LogP contribution in [0.5, 0.6) is 0 Å². The Balaban J connectivity index is 2.59. The molecular formula is C15H27N3S. The number of nitrogens with zero attached hydrogens (tertiary/aromatic N) is 2. The zero-order chi connectivity index (χ0) is 14.5. The summed E-state index contributed by atoms with van der Waals surface area (Å²) in [5.74, 6) is 1.85. The summed E-state index contributed by atoms with van der Waals surface area (Å²) in [7, 11) is 0. The summed E-state index contributed by atoms with van der Waals surface area (Å²) in [5.41, 5.74) is 3.81. The van der Waals surface area contributed by atoms with E-state index in [1.165, 1.54) is 5.56 Å². The first-order valence-electron chi connectivity index (χ1n) is 6.90. The lowest BCUT2D eigenvalue weighted by Crippen LogP contribution is -2.36. The first-order valence-corrected chi connectivity index (χ1v) is 8.30. The van der Waals surface area contributed by atoms with Gasteiger partial charge in [0.25, 0.3) is 0 Å². The van der Waals surface area contributed by atoms with Crippen molar-refractivity contribution in [3.05, 3.63) is 22.8 Å². The fraction of sp³-hybridized carbons (Fsp3) is 0.733. The quantitative estimate of drug-likeness (QED) is 0.812. The third-order valence-electron chi connectivity index (χ3n) is 3.00. The Hall–Kier alpha value is -0.610. The molecule has 3 nitrogen and oxygen atoms in total. The Morgan fingerprint density at radius 3 is 2.16 bits per heavy atom. The molecule has 1 aromatic rings. The fourth-order valence-electron chi connectivity index (χ4n) is 2.09. The van der Waals surface area contributed by atoms with Crippen molar-refractivity contribution in [3.8, 4) is 0 Å². The number of aryl methyl sites for hydroxylation is 2. The second kappa shape index (κ2) is 7.25. The van der Waals surface area contributed by atoms with Crippen molar-refractivity contribution in [2.45, 2.75) is 58.8 Å². The molecule has 0 saturated heterocycles. The molecule has 108 valence electrons. The van der Waals surface area contributed by atoms with E-state index in [4.69, 9.17) is 0 Å². The maximum atomic E-state index is 4.60. The third kappa shape index (κ3) is 5.91. The summed E-state index contributed by atoms with van der Waals surface area (Å²) in [6.45, 7) is 11.8. The molecule has 0 aliphatic heterocycles. The number of nitrogens with one attached hydrogen (secondary N) is 1. The van der Waals surface area contributed by atoms with E-state index in [1.807, 2.05) is 0 Å². The molecular weight excluding hydrogens is 254 g/mol. The molecule has 0 atom stereocenters. The van der Waals surface area contributed by atoms with Crippen molar-refractivity contribution in [2.75, 3.05) is 12.8 Å². The maximum absolute atomic E-state index is 4.60. The predicted octanol–water partition coefficient (Wildman–Crippen LogP) is 3.28. The summed E-state index contributed by atoms with van der Waals surface area (Å²) in [5, 5.41) is 3.52. The van der Waals surface area contributed by atoms with Crippen LogP contribution in [0.4, 0.5) is 0 Å². The van der Waals surface area contributed by atoms with Crippen LogP contribution in [-0.4, -0.2) is 28.3 Å². The van der Waals surface area contributed by atoms with E-state index < -0.39 is 0 Å². The third-order valence-corrected chi connectivity index (χ3v) is 3.55. The van der Waals surface area contributed by atoms with Crippen LogP contribution in [0, 0.1) is 13.8 Å². The summed E-state index contributed by atoms with van der Waals surface area (Å²) < 4.78 is 0. The van der Waals surface area contributed by atoms with Gasteiger partial charge in [-0.05, 0) is 65.8 Å². The Morgan fingerprint density at radius 2 is 1.68 bits per heavy atom. The Kier molecular flexibility index (Phi) is 6.27. The summed E-state index contributed by atoms with van der Waals surface area (Å²) in [6.07, 6.45) is 4.27.